The zero-order valence-electron chi connectivity index (χ0n) is 24.5. The van der Waals surface area contributed by atoms with Crippen molar-refractivity contribution in [1.82, 2.24) is 4.90 Å². The number of likely N-dealkylation sites (tertiary alicyclic amines) is 1. The molecule has 1 atom stereocenters. The first-order valence-electron chi connectivity index (χ1n) is 14.6. The van der Waals surface area contributed by atoms with Crippen LogP contribution in [0, 0.1) is 20.8 Å². The molecule has 2 saturated heterocycles. The normalized spacial score (nSPS) is 20.7. The Hall–Kier alpha value is -3.18. The van der Waals surface area contributed by atoms with Gasteiger partial charge in [0.1, 0.15) is 17.1 Å². The van der Waals surface area contributed by atoms with E-state index in [9.17, 15) is 0 Å². The van der Waals surface area contributed by atoms with Crippen LogP contribution in [0.25, 0.3) is 11.1 Å². The number of hydrogen-bond acceptors (Lipinski definition) is 5. The minimum absolute atomic E-state index is 0.214. The van der Waals surface area contributed by atoms with Gasteiger partial charge in [0.25, 0.3) is 0 Å². The van der Waals surface area contributed by atoms with Gasteiger partial charge in [0.2, 0.25) is 0 Å². The van der Waals surface area contributed by atoms with Crippen molar-refractivity contribution in [2.75, 3.05) is 56.2 Å². The third-order valence-corrected chi connectivity index (χ3v) is 9.30. The molecule has 0 bridgehead atoms. The van der Waals surface area contributed by atoms with Crippen molar-refractivity contribution in [1.29, 1.82) is 0 Å². The summed E-state index contributed by atoms with van der Waals surface area (Å²) in [6.07, 6.45) is 2.58. The van der Waals surface area contributed by atoms with Gasteiger partial charge < -0.3 is 19.3 Å². The molecule has 0 saturated carbocycles. The molecular formula is C34H43N3O2. The number of para-hydroxylation sites is 2. The van der Waals surface area contributed by atoms with E-state index < -0.39 is 0 Å². The third kappa shape index (κ3) is 4.35. The van der Waals surface area contributed by atoms with Gasteiger partial charge in [-0.15, -0.1) is 0 Å². The van der Waals surface area contributed by atoms with Crippen LogP contribution in [0.5, 0.6) is 11.5 Å². The summed E-state index contributed by atoms with van der Waals surface area (Å²) in [5.74, 6) is 2.06. The largest absolute Gasteiger partial charge is 0.496 e. The number of methoxy groups -OCH3 is 1. The number of nitrogens with zero attached hydrogens (tertiary/aromatic N) is 3. The number of fused-ring (bicyclic) bond motifs is 1. The van der Waals surface area contributed by atoms with Crippen molar-refractivity contribution in [2.45, 2.75) is 59.1 Å². The molecule has 2 fully saturated rings. The van der Waals surface area contributed by atoms with E-state index in [0.29, 0.717) is 6.04 Å². The van der Waals surface area contributed by atoms with Crippen molar-refractivity contribution >= 4 is 11.4 Å². The zero-order chi connectivity index (χ0) is 27.3. The fraction of sp³-hybridized carbons (Fsp3) is 0.471. The highest BCUT2D eigenvalue weighted by Crippen LogP contribution is 2.53. The van der Waals surface area contributed by atoms with Gasteiger partial charge in [-0.2, -0.15) is 0 Å². The van der Waals surface area contributed by atoms with Gasteiger partial charge in [0.05, 0.1) is 13.2 Å². The van der Waals surface area contributed by atoms with Crippen molar-refractivity contribution in [2.24, 2.45) is 0 Å². The SMILES string of the molecule is COc1ccccc1-c1ccccc1N1CCN(c2c(C)c(C)c3c(c2C)C(N2CCCC2)C(C)(C)O3)CC1. The van der Waals surface area contributed by atoms with Crippen LogP contribution in [0.3, 0.4) is 0 Å². The van der Waals surface area contributed by atoms with Gasteiger partial charge in [-0.1, -0.05) is 36.4 Å². The van der Waals surface area contributed by atoms with E-state index in [1.807, 2.05) is 12.1 Å². The lowest BCUT2D eigenvalue weighted by molar-refractivity contribution is 0.0396. The van der Waals surface area contributed by atoms with Crippen LogP contribution in [0.4, 0.5) is 11.4 Å². The van der Waals surface area contributed by atoms with E-state index >= 15 is 0 Å². The minimum Gasteiger partial charge on any atom is -0.496 e. The fourth-order valence-electron chi connectivity index (χ4n) is 7.37. The standard InChI is InChI=1S/C34H43N3O2/c1-23-24(2)32-30(33(34(4,5)39-32)37-17-11-12-18-37)25(3)31(23)36-21-19-35(20-22-36)28-15-9-7-13-26(28)27-14-8-10-16-29(27)38-6/h7-10,13-16,33H,11-12,17-22H2,1-6H3. The number of piperazine rings is 1. The Morgan fingerprint density at radius 3 is 2.05 bits per heavy atom. The quantitative estimate of drug-likeness (QED) is 0.360. The van der Waals surface area contributed by atoms with E-state index in [-0.39, 0.29) is 5.60 Å². The van der Waals surface area contributed by atoms with Crippen LogP contribution in [0.1, 0.15) is 55.0 Å². The van der Waals surface area contributed by atoms with Crippen LogP contribution in [-0.4, -0.2) is 56.9 Å². The monoisotopic (exact) mass is 525 g/mol. The number of rotatable bonds is 5. The molecular weight excluding hydrogens is 482 g/mol. The predicted octanol–water partition coefficient (Wildman–Crippen LogP) is 6.92. The van der Waals surface area contributed by atoms with Crippen molar-refractivity contribution < 1.29 is 9.47 Å². The Morgan fingerprint density at radius 2 is 1.36 bits per heavy atom. The minimum atomic E-state index is -0.214. The van der Waals surface area contributed by atoms with Gasteiger partial charge in [0, 0.05) is 54.2 Å². The molecule has 206 valence electrons. The van der Waals surface area contributed by atoms with Crippen molar-refractivity contribution in [3.05, 3.63) is 70.8 Å². The van der Waals surface area contributed by atoms with Gasteiger partial charge in [-0.05, 0) is 89.4 Å². The molecule has 0 amide bonds. The number of benzene rings is 3. The fourth-order valence-corrected chi connectivity index (χ4v) is 7.37. The molecule has 0 radical (unpaired) electrons. The molecule has 3 heterocycles. The predicted molar refractivity (Wildman–Crippen MR) is 162 cm³/mol. The van der Waals surface area contributed by atoms with Gasteiger partial charge in [0.15, 0.2) is 0 Å². The molecule has 0 spiro atoms. The van der Waals surface area contributed by atoms with Crippen LogP contribution in [-0.2, 0) is 0 Å². The van der Waals surface area contributed by atoms with E-state index in [0.717, 1.165) is 43.2 Å². The second-order valence-corrected chi connectivity index (χ2v) is 12.0. The van der Waals surface area contributed by atoms with Gasteiger partial charge in [-0.3, -0.25) is 4.90 Å². The molecule has 3 aliphatic heterocycles. The molecule has 6 rings (SSSR count). The van der Waals surface area contributed by atoms with Crippen LogP contribution >= 0.6 is 0 Å². The summed E-state index contributed by atoms with van der Waals surface area (Å²) in [5, 5.41) is 0. The average Bonchev–Trinajstić information content (AvgIpc) is 3.57. The Labute approximate surface area is 234 Å². The highest BCUT2D eigenvalue weighted by atomic mass is 16.5. The first-order chi connectivity index (χ1) is 18.8. The maximum Gasteiger partial charge on any atom is 0.128 e. The van der Waals surface area contributed by atoms with Crippen LogP contribution in [0.15, 0.2) is 48.5 Å². The van der Waals surface area contributed by atoms with Crippen LogP contribution < -0.4 is 19.3 Å². The Morgan fingerprint density at radius 1 is 0.744 bits per heavy atom. The van der Waals surface area contributed by atoms with Crippen LogP contribution in [0.2, 0.25) is 0 Å². The number of ether oxygens (including phenoxy) is 2. The van der Waals surface area contributed by atoms with Crippen molar-refractivity contribution in [3.63, 3.8) is 0 Å². The Balaban J connectivity index is 1.30. The summed E-state index contributed by atoms with van der Waals surface area (Å²) in [6.45, 7) is 17.8. The summed E-state index contributed by atoms with van der Waals surface area (Å²) in [5.41, 5.74) is 10.4. The molecule has 5 nitrogen and oxygen atoms in total. The molecule has 5 heteroatoms. The maximum atomic E-state index is 6.72. The zero-order valence-corrected chi connectivity index (χ0v) is 24.5. The van der Waals surface area contributed by atoms with E-state index in [4.69, 9.17) is 9.47 Å². The van der Waals surface area contributed by atoms with Gasteiger partial charge >= 0.3 is 0 Å². The maximum absolute atomic E-state index is 6.72. The smallest absolute Gasteiger partial charge is 0.128 e. The molecule has 3 aromatic carbocycles. The Kier molecular flexibility index (Phi) is 6.74. The van der Waals surface area contributed by atoms with E-state index in [2.05, 4.69) is 85.7 Å². The van der Waals surface area contributed by atoms with E-state index in [1.165, 1.54) is 65.1 Å². The van der Waals surface area contributed by atoms with E-state index in [1.54, 1.807) is 7.11 Å². The van der Waals surface area contributed by atoms with Crippen molar-refractivity contribution in [3.8, 4) is 22.6 Å². The highest BCUT2D eigenvalue weighted by molar-refractivity contribution is 5.82. The second-order valence-electron chi connectivity index (χ2n) is 12.0. The number of hydrogen-bond donors (Lipinski definition) is 0. The van der Waals surface area contributed by atoms with Gasteiger partial charge in [-0.25, -0.2) is 0 Å². The first kappa shape index (κ1) is 26.1. The molecule has 0 aliphatic carbocycles. The highest BCUT2D eigenvalue weighted by Gasteiger charge is 2.47. The summed E-state index contributed by atoms with van der Waals surface area (Å²) in [4.78, 5) is 7.85. The summed E-state index contributed by atoms with van der Waals surface area (Å²) < 4.78 is 12.4. The summed E-state index contributed by atoms with van der Waals surface area (Å²) in [7, 11) is 1.75. The molecule has 1 unspecified atom stereocenters. The second kappa shape index (κ2) is 10.1. The lowest BCUT2D eigenvalue weighted by Crippen LogP contribution is -2.47. The molecule has 3 aromatic rings. The first-order valence-corrected chi connectivity index (χ1v) is 14.6. The lowest BCUT2D eigenvalue weighted by Gasteiger charge is -2.40. The molecule has 39 heavy (non-hydrogen) atoms. The molecule has 3 aliphatic rings. The summed E-state index contributed by atoms with van der Waals surface area (Å²) >= 11 is 0. The molecule has 0 N–H and O–H groups in total. The Bertz CT molecular complexity index is 1370. The average molecular weight is 526 g/mol. The lowest BCUT2D eigenvalue weighted by atomic mass is 9.86. The summed E-state index contributed by atoms with van der Waals surface area (Å²) in [6, 6.07) is 17.4. The topological polar surface area (TPSA) is 28.2 Å². The third-order valence-electron chi connectivity index (χ3n) is 9.30. The number of anilines is 2. The molecule has 0 aromatic heterocycles.